The van der Waals surface area contributed by atoms with Gasteiger partial charge >= 0.3 is 0 Å². The number of hydrogen-bond acceptors (Lipinski definition) is 0. The van der Waals surface area contributed by atoms with Gasteiger partial charge < -0.3 is 5.32 Å². The highest BCUT2D eigenvalue weighted by Gasteiger charge is 2.09. The van der Waals surface area contributed by atoms with Crippen molar-refractivity contribution in [3.63, 3.8) is 0 Å². The maximum atomic E-state index is 2.45. The Balaban J connectivity index is 1.98. The third kappa shape index (κ3) is 6.42. The van der Waals surface area contributed by atoms with E-state index in [1.165, 1.54) is 36.8 Å². The van der Waals surface area contributed by atoms with Gasteiger partial charge in [0.1, 0.15) is 6.04 Å². The Kier molecular flexibility index (Phi) is 7.62. The van der Waals surface area contributed by atoms with E-state index in [0.717, 1.165) is 6.54 Å². The van der Waals surface area contributed by atoms with Crippen molar-refractivity contribution in [2.45, 2.75) is 45.6 Å². The molecule has 0 aromatic heterocycles. The molecule has 122 valence electrons. The van der Waals surface area contributed by atoms with E-state index in [0.29, 0.717) is 6.04 Å². The van der Waals surface area contributed by atoms with Crippen molar-refractivity contribution in [3.8, 4) is 0 Å². The maximum Gasteiger partial charge on any atom is 0.109 e. The van der Waals surface area contributed by atoms with Crippen LogP contribution in [0.4, 0.5) is 0 Å². The van der Waals surface area contributed by atoms with Crippen molar-refractivity contribution in [3.05, 3.63) is 77.4 Å². The molecule has 0 bridgehead atoms. The van der Waals surface area contributed by atoms with Crippen LogP contribution in [0.5, 0.6) is 0 Å². The number of quaternary nitrogens is 1. The summed E-state index contributed by atoms with van der Waals surface area (Å²) in [6, 6.07) is 22.0. The standard InChI is InChI=1S/C22H29N/c1-3-4-7-14-21(17-20-12-8-5-9-13-20)18-23-19(2)22-15-10-6-11-16-22/h5-6,8-13,15-17,19,23H,3-4,7,14,18H2,1-2H3/p+1/b21-17-/t19-/m0/s1. The Morgan fingerprint density at radius 3 is 2.26 bits per heavy atom. The molecule has 0 aliphatic carbocycles. The summed E-state index contributed by atoms with van der Waals surface area (Å²) in [7, 11) is 0. The fraction of sp³-hybridized carbons (Fsp3) is 0.364. The van der Waals surface area contributed by atoms with Gasteiger partial charge in [0.05, 0.1) is 6.54 Å². The zero-order valence-electron chi connectivity index (χ0n) is 14.5. The third-order valence-electron chi connectivity index (χ3n) is 4.33. The minimum absolute atomic E-state index is 0.501. The van der Waals surface area contributed by atoms with Crippen LogP contribution in [-0.2, 0) is 0 Å². The highest BCUT2D eigenvalue weighted by Crippen LogP contribution is 2.13. The first kappa shape index (κ1) is 17.5. The number of nitrogens with two attached hydrogens (primary N) is 1. The molecule has 1 nitrogen and oxygen atoms in total. The number of hydrogen-bond donors (Lipinski definition) is 1. The van der Waals surface area contributed by atoms with Crippen LogP contribution in [0, 0.1) is 0 Å². The van der Waals surface area contributed by atoms with Gasteiger partial charge in [0.15, 0.2) is 0 Å². The predicted octanol–water partition coefficient (Wildman–Crippen LogP) is 4.97. The van der Waals surface area contributed by atoms with Crippen LogP contribution in [0.3, 0.4) is 0 Å². The lowest BCUT2D eigenvalue weighted by atomic mass is 10.0. The molecule has 0 heterocycles. The summed E-state index contributed by atoms with van der Waals surface area (Å²) in [5.41, 5.74) is 4.27. The molecule has 2 N–H and O–H groups in total. The molecule has 2 aromatic rings. The highest BCUT2D eigenvalue weighted by atomic mass is 14.9. The van der Waals surface area contributed by atoms with Crippen molar-refractivity contribution in [2.75, 3.05) is 6.54 Å². The van der Waals surface area contributed by atoms with Crippen LogP contribution < -0.4 is 5.32 Å². The molecule has 0 amide bonds. The molecule has 0 unspecified atom stereocenters. The molecule has 0 spiro atoms. The Morgan fingerprint density at radius 2 is 1.61 bits per heavy atom. The van der Waals surface area contributed by atoms with Crippen molar-refractivity contribution in [2.24, 2.45) is 0 Å². The number of unbranched alkanes of at least 4 members (excludes halogenated alkanes) is 2. The summed E-state index contributed by atoms with van der Waals surface area (Å²) in [5, 5.41) is 2.45. The molecule has 23 heavy (non-hydrogen) atoms. The molecular weight excluding hydrogens is 278 g/mol. The van der Waals surface area contributed by atoms with Crippen LogP contribution in [0.25, 0.3) is 6.08 Å². The van der Waals surface area contributed by atoms with Gasteiger partial charge in [-0.2, -0.15) is 0 Å². The van der Waals surface area contributed by atoms with Gasteiger partial charge in [0, 0.05) is 5.56 Å². The normalized spacial score (nSPS) is 13.0. The Hall–Kier alpha value is -1.86. The van der Waals surface area contributed by atoms with Gasteiger partial charge in [-0.3, -0.25) is 0 Å². The summed E-state index contributed by atoms with van der Waals surface area (Å²) in [6.07, 6.45) is 7.48. The van der Waals surface area contributed by atoms with E-state index in [4.69, 9.17) is 0 Å². The van der Waals surface area contributed by atoms with Crippen molar-refractivity contribution in [1.82, 2.24) is 0 Å². The second-order valence-corrected chi connectivity index (χ2v) is 6.31. The third-order valence-corrected chi connectivity index (χ3v) is 4.33. The van der Waals surface area contributed by atoms with E-state index in [-0.39, 0.29) is 0 Å². The largest absolute Gasteiger partial charge is 0.337 e. The van der Waals surface area contributed by atoms with E-state index in [9.17, 15) is 0 Å². The molecule has 0 aliphatic heterocycles. The van der Waals surface area contributed by atoms with Gasteiger partial charge in [0.25, 0.3) is 0 Å². The first-order chi connectivity index (χ1) is 11.3. The summed E-state index contributed by atoms with van der Waals surface area (Å²) in [5.74, 6) is 0. The fourth-order valence-corrected chi connectivity index (χ4v) is 2.84. The molecular formula is C22H30N+. The smallest absolute Gasteiger partial charge is 0.109 e. The first-order valence-corrected chi connectivity index (χ1v) is 8.92. The average Bonchev–Trinajstić information content (AvgIpc) is 2.61. The SMILES string of the molecule is CCCCC/C(=C/c1ccccc1)C[NH2+][C@@H](C)c1ccccc1. The minimum atomic E-state index is 0.501. The van der Waals surface area contributed by atoms with Crippen LogP contribution in [-0.4, -0.2) is 6.54 Å². The summed E-state index contributed by atoms with van der Waals surface area (Å²) in [6.45, 7) is 5.64. The van der Waals surface area contributed by atoms with E-state index >= 15 is 0 Å². The zero-order chi connectivity index (χ0) is 16.3. The molecule has 0 saturated heterocycles. The van der Waals surface area contributed by atoms with Crippen molar-refractivity contribution >= 4 is 6.08 Å². The lowest BCUT2D eigenvalue weighted by Crippen LogP contribution is -2.85. The second-order valence-electron chi connectivity index (χ2n) is 6.31. The maximum absolute atomic E-state index is 2.45. The van der Waals surface area contributed by atoms with E-state index in [1.54, 1.807) is 5.57 Å². The Bertz CT molecular complexity index is 571. The number of benzene rings is 2. The topological polar surface area (TPSA) is 16.6 Å². The van der Waals surface area contributed by atoms with Gasteiger partial charge in [0.2, 0.25) is 0 Å². The van der Waals surface area contributed by atoms with Crippen molar-refractivity contribution in [1.29, 1.82) is 0 Å². The van der Waals surface area contributed by atoms with Crippen LogP contribution in [0.1, 0.15) is 56.7 Å². The van der Waals surface area contributed by atoms with Crippen LogP contribution in [0.2, 0.25) is 0 Å². The molecule has 0 saturated carbocycles. The van der Waals surface area contributed by atoms with Crippen molar-refractivity contribution < 1.29 is 5.32 Å². The van der Waals surface area contributed by atoms with E-state index in [2.05, 4.69) is 85.9 Å². The number of rotatable bonds is 9. The Labute approximate surface area is 141 Å². The molecule has 0 aliphatic rings. The highest BCUT2D eigenvalue weighted by molar-refractivity contribution is 5.52. The van der Waals surface area contributed by atoms with Gasteiger partial charge in [-0.25, -0.2) is 0 Å². The average molecular weight is 308 g/mol. The molecule has 1 heteroatoms. The first-order valence-electron chi connectivity index (χ1n) is 8.92. The zero-order valence-corrected chi connectivity index (χ0v) is 14.5. The second kappa shape index (κ2) is 10.0. The van der Waals surface area contributed by atoms with Crippen LogP contribution >= 0.6 is 0 Å². The quantitative estimate of drug-likeness (QED) is 0.630. The summed E-state index contributed by atoms with van der Waals surface area (Å²) >= 11 is 0. The predicted molar refractivity (Wildman–Crippen MR) is 100 cm³/mol. The van der Waals surface area contributed by atoms with E-state index < -0.39 is 0 Å². The molecule has 1 atom stereocenters. The minimum Gasteiger partial charge on any atom is -0.337 e. The molecule has 0 fully saturated rings. The van der Waals surface area contributed by atoms with E-state index in [1.807, 2.05) is 0 Å². The molecule has 0 radical (unpaired) electrons. The summed E-state index contributed by atoms with van der Waals surface area (Å²) < 4.78 is 0. The lowest BCUT2D eigenvalue weighted by Gasteiger charge is -2.13. The summed E-state index contributed by atoms with van der Waals surface area (Å²) in [4.78, 5) is 0. The monoisotopic (exact) mass is 308 g/mol. The van der Waals surface area contributed by atoms with Gasteiger partial charge in [-0.05, 0) is 30.9 Å². The lowest BCUT2D eigenvalue weighted by molar-refractivity contribution is -0.686. The van der Waals surface area contributed by atoms with Crippen LogP contribution in [0.15, 0.2) is 66.2 Å². The van der Waals surface area contributed by atoms with Gasteiger partial charge in [-0.15, -0.1) is 0 Å². The fourth-order valence-electron chi connectivity index (χ4n) is 2.84. The molecule has 2 rings (SSSR count). The molecule has 2 aromatic carbocycles. The Morgan fingerprint density at radius 1 is 0.957 bits per heavy atom. The van der Waals surface area contributed by atoms with Gasteiger partial charge in [-0.1, -0.05) is 86.5 Å².